The predicted molar refractivity (Wildman–Crippen MR) is 158 cm³/mol. The largest absolute Gasteiger partial charge is 0.497 e. The molecule has 0 spiro atoms. The van der Waals surface area contributed by atoms with E-state index in [-0.39, 0.29) is 18.0 Å². The van der Waals surface area contributed by atoms with E-state index in [9.17, 15) is 9.59 Å². The van der Waals surface area contributed by atoms with Crippen LogP contribution < -0.4 is 10.1 Å². The Balaban J connectivity index is 1.09. The first-order valence-electron chi connectivity index (χ1n) is 15.3. The number of methoxy groups -OCH3 is 1. The fourth-order valence-corrected chi connectivity index (χ4v) is 7.39. The minimum atomic E-state index is -0.0144. The number of rotatable bonds is 4. The van der Waals surface area contributed by atoms with Crippen LogP contribution in [0, 0.1) is 11.8 Å². The van der Waals surface area contributed by atoms with Crippen molar-refractivity contribution in [3.8, 4) is 5.75 Å². The third kappa shape index (κ3) is 5.77. The second-order valence-electron chi connectivity index (χ2n) is 12.0. The molecule has 1 saturated carbocycles. The molecule has 214 valence electrons. The van der Waals surface area contributed by atoms with Gasteiger partial charge in [0.2, 0.25) is 0 Å². The number of benzene rings is 1. The molecule has 3 fully saturated rings. The quantitative estimate of drug-likeness (QED) is 0.563. The van der Waals surface area contributed by atoms with Gasteiger partial charge in [0.1, 0.15) is 11.5 Å². The molecule has 1 aliphatic carbocycles. The molecule has 8 nitrogen and oxygen atoms in total. The summed E-state index contributed by atoms with van der Waals surface area (Å²) in [5.74, 6) is 2.36. The van der Waals surface area contributed by atoms with Crippen molar-refractivity contribution in [1.82, 2.24) is 14.7 Å². The van der Waals surface area contributed by atoms with E-state index in [1.165, 1.54) is 31.4 Å². The number of allylic oxidation sites excluding steroid dienone is 2. The summed E-state index contributed by atoms with van der Waals surface area (Å²) in [7, 11) is 1.67. The van der Waals surface area contributed by atoms with Crippen molar-refractivity contribution in [1.29, 1.82) is 0 Å². The monoisotopic (exact) mass is 545 g/mol. The number of anilines is 1. The van der Waals surface area contributed by atoms with E-state index in [4.69, 9.17) is 4.74 Å². The van der Waals surface area contributed by atoms with E-state index in [0.717, 1.165) is 87.6 Å². The number of nitrogens with zero attached hydrogens (tertiary/aromatic N) is 4. The normalized spacial score (nSPS) is 25.9. The highest BCUT2D eigenvalue weighted by molar-refractivity contribution is 6.43. The Labute approximate surface area is 238 Å². The molecule has 2 saturated heterocycles. The highest BCUT2D eigenvalue weighted by Gasteiger charge is 2.35. The van der Waals surface area contributed by atoms with Crippen LogP contribution in [0.3, 0.4) is 0 Å². The van der Waals surface area contributed by atoms with Gasteiger partial charge in [0.05, 0.1) is 7.11 Å². The summed E-state index contributed by atoms with van der Waals surface area (Å²) in [5.41, 5.74) is 3.76. The van der Waals surface area contributed by atoms with Gasteiger partial charge >= 0.3 is 6.03 Å². The summed E-state index contributed by atoms with van der Waals surface area (Å²) < 4.78 is 5.38. The van der Waals surface area contributed by atoms with Gasteiger partial charge in [0.15, 0.2) is 0 Å². The number of urea groups is 1. The van der Waals surface area contributed by atoms with Crippen LogP contribution in [0.2, 0.25) is 0 Å². The molecule has 4 heterocycles. The summed E-state index contributed by atoms with van der Waals surface area (Å²) in [6.45, 7) is 4.19. The zero-order valence-corrected chi connectivity index (χ0v) is 23.8. The summed E-state index contributed by atoms with van der Waals surface area (Å²) in [6, 6.07) is 6.04. The standard InChI is InChI=1S/C32H43N5O3/c1-40-28-9-10-29-24(20-28)12-19-37(32(39)34-29)26-13-17-35(18-14-26)27-8-4-5-15-33-30(21-27)31(38)36-16-11-23-6-2-3-7-25(23)22-36/h5,9-10,15,20-21,23,25-26H,2-4,6-8,11-14,16-19,22H2,1H3,(H,34,39). The molecule has 1 aromatic carbocycles. The van der Waals surface area contributed by atoms with Crippen LogP contribution >= 0.6 is 0 Å². The number of hydrogen-bond donors (Lipinski definition) is 1. The molecule has 0 radical (unpaired) electrons. The Morgan fingerprint density at radius 3 is 2.65 bits per heavy atom. The van der Waals surface area contributed by atoms with E-state index in [1.54, 1.807) is 7.11 Å². The molecule has 5 aliphatic rings. The molecule has 2 atom stereocenters. The van der Waals surface area contributed by atoms with Crippen LogP contribution in [-0.4, -0.2) is 78.2 Å². The average molecular weight is 546 g/mol. The van der Waals surface area contributed by atoms with E-state index in [2.05, 4.69) is 32.3 Å². The lowest BCUT2D eigenvalue weighted by molar-refractivity contribution is -0.127. The summed E-state index contributed by atoms with van der Waals surface area (Å²) in [5, 5.41) is 3.12. The smallest absolute Gasteiger partial charge is 0.322 e. The highest BCUT2D eigenvalue weighted by Crippen LogP contribution is 2.36. The average Bonchev–Trinajstić information content (AvgIpc) is 3.14. The van der Waals surface area contributed by atoms with Crippen molar-refractivity contribution in [3.05, 3.63) is 47.8 Å². The fourth-order valence-electron chi connectivity index (χ4n) is 7.39. The summed E-state index contributed by atoms with van der Waals surface area (Å²) >= 11 is 0. The van der Waals surface area contributed by atoms with Crippen molar-refractivity contribution in [2.75, 3.05) is 45.2 Å². The molecule has 40 heavy (non-hydrogen) atoms. The van der Waals surface area contributed by atoms with E-state index >= 15 is 0 Å². The number of carbonyl (C=O) groups is 2. The fraction of sp³-hybridized carbons (Fsp3) is 0.594. The second kappa shape index (κ2) is 12.1. The molecular weight excluding hydrogens is 502 g/mol. The molecular formula is C32H43N5O3. The minimum Gasteiger partial charge on any atom is -0.497 e. The molecule has 8 heteroatoms. The third-order valence-corrected chi connectivity index (χ3v) is 9.74. The van der Waals surface area contributed by atoms with Gasteiger partial charge in [0, 0.05) is 56.4 Å². The summed E-state index contributed by atoms with van der Waals surface area (Å²) in [4.78, 5) is 37.9. The molecule has 0 aromatic heterocycles. The van der Waals surface area contributed by atoms with Gasteiger partial charge in [-0.15, -0.1) is 0 Å². The molecule has 4 aliphatic heterocycles. The molecule has 2 unspecified atom stereocenters. The van der Waals surface area contributed by atoms with Crippen LogP contribution in [0.25, 0.3) is 0 Å². The van der Waals surface area contributed by atoms with Crippen LogP contribution in [0.5, 0.6) is 5.75 Å². The van der Waals surface area contributed by atoms with E-state index < -0.39 is 0 Å². The first kappa shape index (κ1) is 26.9. The van der Waals surface area contributed by atoms with Gasteiger partial charge < -0.3 is 24.8 Å². The molecule has 1 aromatic rings. The third-order valence-electron chi connectivity index (χ3n) is 9.74. The number of aliphatic imine (C=N–C) groups is 1. The lowest BCUT2D eigenvalue weighted by atomic mass is 9.75. The van der Waals surface area contributed by atoms with Gasteiger partial charge in [-0.25, -0.2) is 4.79 Å². The first-order chi connectivity index (χ1) is 19.6. The topological polar surface area (TPSA) is 77.5 Å². The molecule has 1 N–H and O–H groups in total. The van der Waals surface area contributed by atoms with Gasteiger partial charge in [-0.1, -0.05) is 25.3 Å². The lowest BCUT2D eigenvalue weighted by Gasteiger charge is -2.41. The maximum absolute atomic E-state index is 13.6. The maximum Gasteiger partial charge on any atom is 0.322 e. The zero-order valence-electron chi connectivity index (χ0n) is 23.8. The zero-order chi connectivity index (χ0) is 27.5. The van der Waals surface area contributed by atoms with E-state index in [1.807, 2.05) is 29.3 Å². The Hall–Kier alpha value is -3.29. The Kier molecular flexibility index (Phi) is 8.12. The Morgan fingerprint density at radius 2 is 1.82 bits per heavy atom. The Morgan fingerprint density at radius 1 is 1.00 bits per heavy atom. The molecule has 0 bridgehead atoms. The van der Waals surface area contributed by atoms with E-state index in [0.29, 0.717) is 18.2 Å². The van der Waals surface area contributed by atoms with Crippen molar-refractivity contribution >= 4 is 23.3 Å². The van der Waals surface area contributed by atoms with Crippen LogP contribution in [0.4, 0.5) is 10.5 Å². The number of ether oxygens (including phenoxy) is 1. The number of carbonyl (C=O) groups excluding carboxylic acids is 2. The minimum absolute atomic E-state index is 0.0144. The first-order valence-corrected chi connectivity index (χ1v) is 15.3. The van der Waals surface area contributed by atoms with Crippen LogP contribution in [0.15, 0.2) is 47.2 Å². The van der Waals surface area contributed by atoms with Crippen LogP contribution in [-0.2, 0) is 11.2 Å². The number of amides is 3. The predicted octanol–water partition coefficient (Wildman–Crippen LogP) is 5.22. The van der Waals surface area contributed by atoms with Crippen molar-refractivity contribution < 1.29 is 14.3 Å². The van der Waals surface area contributed by atoms with Crippen LogP contribution in [0.1, 0.15) is 63.4 Å². The van der Waals surface area contributed by atoms with Gasteiger partial charge in [-0.2, -0.15) is 0 Å². The van der Waals surface area contributed by atoms with Gasteiger partial charge in [-0.3, -0.25) is 9.79 Å². The van der Waals surface area contributed by atoms with Crippen molar-refractivity contribution in [3.63, 3.8) is 0 Å². The SMILES string of the molecule is COc1ccc2c(c1)CCN(C1CCN(C3=CC(C(=O)N4CCC5CCCCC5C4)=NC=CCC3)CC1)C(=O)N2. The number of hydrogen-bond acceptors (Lipinski definition) is 5. The highest BCUT2D eigenvalue weighted by atomic mass is 16.5. The number of piperidine rings is 2. The lowest BCUT2D eigenvalue weighted by Crippen LogP contribution is -2.49. The molecule has 3 amide bonds. The van der Waals surface area contributed by atoms with Crippen molar-refractivity contribution in [2.45, 2.75) is 70.3 Å². The van der Waals surface area contributed by atoms with Gasteiger partial charge in [0.25, 0.3) is 5.91 Å². The number of fused-ring (bicyclic) bond motifs is 2. The second-order valence-corrected chi connectivity index (χ2v) is 12.0. The van der Waals surface area contributed by atoms with Gasteiger partial charge in [-0.05, 0) is 86.6 Å². The number of likely N-dealkylation sites (tertiary alicyclic amines) is 2. The number of nitrogens with one attached hydrogen (secondary N) is 1. The Bertz CT molecular complexity index is 1200. The summed E-state index contributed by atoms with van der Waals surface area (Å²) in [6.07, 6.45) is 16.8. The van der Waals surface area contributed by atoms with Crippen molar-refractivity contribution in [2.24, 2.45) is 16.8 Å². The molecule has 6 rings (SSSR count). The maximum atomic E-state index is 13.6.